The largest absolute Gasteiger partial charge is 0.392 e. The molecule has 2 heteroatoms. The lowest BCUT2D eigenvalue weighted by Crippen LogP contribution is -2.17. The minimum atomic E-state index is -0.256. The van der Waals surface area contributed by atoms with Crippen molar-refractivity contribution in [3.8, 4) is 12.3 Å². The molecule has 78 valence electrons. The number of hydrogen-bond acceptors (Lipinski definition) is 2. The molecule has 1 aliphatic rings. The van der Waals surface area contributed by atoms with Gasteiger partial charge in [-0.05, 0) is 18.6 Å². The number of carbonyl (C=O) groups excluding carboxylic acids is 1. The molecule has 0 heterocycles. The third-order valence-corrected chi connectivity index (χ3v) is 2.36. The van der Waals surface area contributed by atoms with Crippen molar-refractivity contribution < 1.29 is 9.90 Å². The number of ketones is 1. The highest BCUT2D eigenvalue weighted by Gasteiger charge is 2.24. The van der Waals surface area contributed by atoms with Gasteiger partial charge in [-0.1, -0.05) is 24.3 Å². The van der Waals surface area contributed by atoms with E-state index in [1.54, 1.807) is 18.2 Å². The molecule has 0 radical (unpaired) electrons. The van der Waals surface area contributed by atoms with Gasteiger partial charge < -0.3 is 5.11 Å². The lowest BCUT2D eigenvalue weighted by molar-refractivity contribution is -0.110. The zero-order valence-electron chi connectivity index (χ0n) is 8.52. The smallest absolute Gasteiger partial charge is 0.178 e. The lowest BCUT2D eigenvalue weighted by atomic mass is 9.78. The molecular formula is C13H14O2. The summed E-state index contributed by atoms with van der Waals surface area (Å²) in [6.45, 7) is 0.0263. The average Bonchev–Trinajstić information content (AvgIpc) is 2.23. The number of terminal acetylenes is 1. The van der Waals surface area contributed by atoms with Gasteiger partial charge in [0.25, 0.3) is 0 Å². The van der Waals surface area contributed by atoms with Crippen molar-refractivity contribution in [2.45, 2.75) is 12.8 Å². The number of aliphatic hydroxyl groups is 1. The van der Waals surface area contributed by atoms with Gasteiger partial charge in [0.05, 0.1) is 6.61 Å². The van der Waals surface area contributed by atoms with Gasteiger partial charge in [-0.3, -0.25) is 4.79 Å². The fourth-order valence-corrected chi connectivity index (χ4v) is 1.50. The molecule has 1 rings (SSSR count). The summed E-state index contributed by atoms with van der Waals surface area (Å²) in [6.07, 6.45) is 16.9. The van der Waals surface area contributed by atoms with Crippen LogP contribution in [0.3, 0.4) is 0 Å². The van der Waals surface area contributed by atoms with Crippen LogP contribution < -0.4 is 0 Å². The summed E-state index contributed by atoms with van der Waals surface area (Å²) < 4.78 is 0. The monoisotopic (exact) mass is 202 g/mol. The highest BCUT2D eigenvalue weighted by molar-refractivity contribution is 6.00. The fraction of sp³-hybridized carbons (Fsp3) is 0.308. The van der Waals surface area contributed by atoms with Crippen molar-refractivity contribution in [2.75, 3.05) is 6.61 Å². The summed E-state index contributed by atoms with van der Waals surface area (Å²) in [5, 5.41) is 8.63. The van der Waals surface area contributed by atoms with Crippen molar-refractivity contribution in [3.05, 3.63) is 36.5 Å². The SMILES string of the molecule is C#CCC1(C/C=C\CO)C=CC(=O)C=C1. The summed E-state index contributed by atoms with van der Waals surface area (Å²) in [5.41, 5.74) is -0.256. The van der Waals surface area contributed by atoms with Crippen LogP contribution in [0.15, 0.2) is 36.5 Å². The normalized spacial score (nSPS) is 18.3. The summed E-state index contributed by atoms with van der Waals surface area (Å²) in [7, 11) is 0. The molecule has 0 aromatic carbocycles. The molecule has 0 aromatic heterocycles. The maximum absolute atomic E-state index is 11.0. The molecule has 0 unspecified atom stereocenters. The van der Waals surface area contributed by atoms with E-state index in [9.17, 15) is 4.79 Å². The van der Waals surface area contributed by atoms with Crippen LogP contribution in [-0.2, 0) is 4.79 Å². The van der Waals surface area contributed by atoms with Gasteiger partial charge >= 0.3 is 0 Å². The second kappa shape index (κ2) is 5.33. The predicted octanol–water partition coefficient (Wildman–Crippen LogP) is 1.63. The Morgan fingerprint density at radius 3 is 2.60 bits per heavy atom. The highest BCUT2D eigenvalue weighted by Crippen LogP contribution is 2.32. The van der Waals surface area contributed by atoms with E-state index in [4.69, 9.17) is 11.5 Å². The predicted molar refractivity (Wildman–Crippen MR) is 60.0 cm³/mol. The molecule has 2 nitrogen and oxygen atoms in total. The molecular weight excluding hydrogens is 188 g/mol. The zero-order chi connectivity index (χ0) is 11.1. The molecule has 0 saturated carbocycles. The van der Waals surface area contributed by atoms with Crippen LogP contribution in [0.4, 0.5) is 0 Å². The second-order valence-corrected chi connectivity index (χ2v) is 3.54. The molecule has 0 spiro atoms. The lowest BCUT2D eigenvalue weighted by Gasteiger charge is -2.25. The Labute approximate surface area is 90.0 Å². The third-order valence-electron chi connectivity index (χ3n) is 2.36. The van der Waals surface area contributed by atoms with E-state index in [-0.39, 0.29) is 17.8 Å². The molecule has 15 heavy (non-hydrogen) atoms. The van der Waals surface area contributed by atoms with Crippen LogP contribution in [-0.4, -0.2) is 17.5 Å². The maximum Gasteiger partial charge on any atom is 0.178 e. The van der Waals surface area contributed by atoms with Crippen LogP contribution in [0.1, 0.15) is 12.8 Å². The topological polar surface area (TPSA) is 37.3 Å². The molecule has 0 aliphatic heterocycles. The van der Waals surface area contributed by atoms with E-state index in [2.05, 4.69) is 5.92 Å². The molecule has 0 fully saturated rings. The van der Waals surface area contributed by atoms with E-state index < -0.39 is 0 Å². The van der Waals surface area contributed by atoms with Crippen molar-refractivity contribution in [3.63, 3.8) is 0 Å². The van der Waals surface area contributed by atoms with Gasteiger partial charge in [0.15, 0.2) is 5.78 Å². The Kier molecular flexibility index (Phi) is 4.08. The number of carbonyl (C=O) groups is 1. The van der Waals surface area contributed by atoms with Crippen LogP contribution in [0.5, 0.6) is 0 Å². The first-order chi connectivity index (χ1) is 7.22. The molecule has 0 atom stereocenters. The van der Waals surface area contributed by atoms with E-state index in [0.29, 0.717) is 12.8 Å². The van der Waals surface area contributed by atoms with Crippen LogP contribution in [0.25, 0.3) is 0 Å². The van der Waals surface area contributed by atoms with Crippen molar-refractivity contribution >= 4 is 5.78 Å². The minimum absolute atomic E-state index is 0.00576. The van der Waals surface area contributed by atoms with E-state index >= 15 is 0 Å². The quantitative estimate of drug-likeness (QED) is 0.555. The summed E-state index contributed by atoms with van der Waals surface area (Å²) >= 11 is 0. The average molecular weight is 202 g/mol. The summed E-state index contributed by atoms with van der Waals surface area (Å²) in [5.74, 6) is 2.60. The van der Waals surface area contributed by atoms with Crippen LogP contribution in [0.2, 0.25) is 0 Å². The van der Waals surface area contributed by atoms with E-state index in [1.807, 2.05) is 18.2 Å². The van der Waals surface area contributed by atoms with Crippen LogP contribution in [0, 0.1) is 17.8 Å². The van der Waals surface area contributed by atoms with Crippen molar-refractivity contribution in [1.29, 1.82) is 0 Å². The maximum atomic E-state index is 11.0. The van der Waals surface area contributed by atoms with E-state index in [1.165, 1.54) is 0 Å². The van der Waals surface area contributed by atoms with Gasteiger partial charge in [0.1, 0.15) is 0 Å². The third kappa shape index (κ3) is 3.23. The van der Waals surface area contributed by atoms with Gasteiger partial charge in [-0.25, -0.2) is 0 Å². The summed E-state index contributed by atoms with van der Waals surface area (Å²) in [6, 6.07) is 0. The van der Waals surface area contributed by atoms with Gasteiger partial charge in [0, 0.05) is 11.8 Å². The highest BCUT2D eigenvalue weighted by atomic mass is 16.2. The Balaban J connectivity index is 2.77. The zero-order valence-corrected chi connectivity index (χ0v) is 8.52. The minimum Gasteiger partial charge on any atom is -0.392 e. The van der Waals surface area contributed by atoms with E-state index in [0.717, 1.165) is 0 Å². The first-order valence-electron chi connectivity index (χ1n) is 4.84. The molecule has 0 aromatic rings. The fourth-order valence-electron chi connectivity index (χ4n) is 1.50. The number of allylic oxidation sites excluding steroid dienone is 5. The standard InChI is InChI=1S/C13H14O2/c1-2-7-13(8-3-4-11-14)9-5-12(15)6-10-13/h1,3-6,9-10,14H,7-8,11H2/b4-3-. The van der Waals surface area contributed by atoms with Crippen molar-refractivity contribution in [2.24, 2.45) is 5.41 Å². The first kappa shape index (κ1) is 11.5. The molecule has 1 N–H and O–H groups in total. The molecule has 0 bridgehead atoms. The Hall–Kier alpha value is -1.59. The van der Waals surface area contributed by atoms with Gasteiger partial charge in [-0.15, -0.1) is 12.3 Å². The van der Waals surface area contributed by atoms with Gasteiger partial charge in [0.2, 0.25) is 0 Å². The molecule has 0 saturated heterocycles. The van der Waals surface area contributed by atoms with Gasteiger partial charge in [-0.2, -0.15) is 0 Å². The molecule has 0 amide bonds. The second-order valence-electron chi connectivity index (χ2n) is 3.54. The summed E-state index contributed by atoms with van der Waals surface area (Å²) in [4.78, 5) is 11.0. The number of rotatable bonds is 4. The first-order valence-corrected chi connectivity index (χ1v) is 4.84. The van der Waals surface area contributed by atoms with Crippen LogP contribution >= 0.6 is 0 Å². The van der Waals surface area contributed by atoms with Crippen molar-refractivity contribution in [1.82, 2.24) is 0 Å². The Bertz CT molecular complexity index is 337. The Morgan fingerprint density at radius 1 is 1.40 bits per heavy atom. The number of aliphatic hydroxyl groups excluding tert-OH is 1. The molecule has 1 aliphatic carbocycles. The Morgan fingerprint density at radius 2 is 2.07 bits per heavy atom. The number of hydrogen-bond donors (Lipinski definition) is 1.